The first-order valence-corrected chi connectivity index (χ1v) is 12.6. The molecule has 1 saturated heterocycles. The van der Waals surface area contributed by atoms with Crippen molar-refractivity contribution in [2.24, 2.45) is 0 Å². The highest BCUT2D eigenvalue weighted by atomic mass is 32.1. The topological polar surface area (TPSA) is 91.0 Å². The van der Waals surface area contributed by atoms with Gasteiger partial charge < -0.3 is 20.3 Å². The molecule has 9 heteroatoms. The Morgan fingerprint density at radius 2 is 1.86 bits per heavy atom. The first-order chi connectivity index (χ1) is 17.3. The Kier molecular flexibility index (Phi) is 8.02. The van der Waals surface area contributed by atoms with Crippen molar-refractivity contribution in [2.45, 2.75) is 25.6 Å². The third-order valence-electron chi connectivity index (χ3n) is 5.89. The third kappa shape index (κ3) is 6.10. The lowest BCUT2D eigenvalue weighted by Gasteiger charge is -2.24. The quantitative estimate of drug-likeness (QED) is 0.457. The molecule has 0 saturated carbocycles. The van der Waals surface area contributed by atoms with E-state index >= 15 is 0 Å². The summed E-state index contributed by atoms with van der Waals surface area (Å²) in [6.45, 7) is 3.38. The number of carbonyl (C=O) groups excluding carboxylic acids is 3. The van der Waals surface area contributed by atoms with E-state index in [2.05, 4.69) is 10.6 Å². The lowest BCUT2D eigenvalue weighted by molar-refractivity contribution is -0.126. The number of aryl methyl sites for hydroxylation is 1. The van der Waals surface area contributed by atoms with E-state index in [0.29, 0.717) is 29.2 Å². The molecule has 3 aromatic rings. The summed E-state index contributed by atoms with van der Waals surface area (Å²) in [7, 11) is 3.86. The van der Waals surface area contributed by atoms with Gasteiger partial charge in [0.2, 0.25) is 5.91 Å². The minimum absolute atomic E-state index is 0.187. The standard InChI is InChI=1S/C27H30N4O4S/c1-18-6-4-7-19(16-18)17-31-23(26(33)28-13-14-30(2)3)24(35-27(31)34)20-9-11-21(12-10-20)29-25(32)22-8-5-15-36-22/h4-12,15-16,23-24H,13-14,17H2,1-3H3,(H,28,33)(H,29,32)/t23-,24-/m1/s1. The summed E-state index contributed by atoms with van der Waals surface area (Å²) >= 11 is 1.36. The Labute approximate surface area is 214 Å². The minimum atomic E-state index is -0.827. The highest BCUT2D eigenvalue weighted by molar-refractivity contribution is 7.12. The number of cyclic esters (lactones) is 1. The van der Waals surface area contributed by atoms with Gasteiger partial charge in [-0.2, -0.15) is 0 Å². The molecule has 3 amide bonds. The van der Waals surface area contributed by atoms with Gasteiger partial charge in [0.05, 0.1) is 11.4 Å². The van der Waals surface area contributed by atoms with E-state index in [1.54, 1.807) is 30.3 Å². The number of amides is 3. The van der Waals surface area contributed by atoms with Crippen LogP contribution in [-0.2, 0) is 16.1 Å². The maximum Gasteiger partial charge on any atom is 0.411 e. The molecule has 1 fully saturated rings. The summed E-state index contributed by atoms with van der Waals surface area (Å²) in [4.78, 5) is 42.7. The Morgan fingerprint density at radius 1 is 1.08 bits per heavy atom. The maximum absolute atomic E-state index is 13.3. The molecule has 2 aromatic carbocycles. The number of hydrogen-bond donors (Lipinski definition) is 2. The zero-order valence-electron chi connectivity index (χ0n) is 20.6. The van der Waals surface area contributed by atoms with Gasteiger partial charge in [-0.1, -0.05) is 48.0 Å². The molecule has 0 spiro atoms. The molecule has 4 rings (SSSR count). The van der Waals surface area contributed by atoms with Gasteiger partial charge in [-0.3, -0.25) is 14.5 Å². The third-order valence-corrected chi connectivity index (χ3v) is 6.76. The highest BCUT2D eigenvalue weighted by Crippen LogP contribution is 2.34. The van der Waals surface area contributed by atoms with Crippen LogP contribution in [0.3, 0.4) is 0 Å². The summed E-state index contributed by atoms with van der Waals surface area (Å²) in [5.74, 6) is -0.456. The molecule has 36 heavy (non-hydrogen) atoms. The SMILES string of the molecule is Cc1cccc(CN2C(=O)O[C@H](c3ccc(NC(=O)c4cccs4)cc3)[C@@H]2C(=O)NCCN(C)C)c1. The lowest BCUT2D eigenvalue weighted by Crippen LogP contribution is -2.47. The number of rotatable bonds is 9. The zero-order valence-corrected chi connectivity index (χ0v) is 21.4. The number of thiophene rings is 1. The molecule has 2 heterocycles. The predicted octanol–water partition coefficient (Wildman–Crippen LogP) is 4.05. The Balaban J connectivity index is 1.54. The first-order valence-electron chi connectivity index (χ1n) is 11.7. The normalized spacial score (nSPS) is 17.2. The Bertz CT molecular complexity index is 1210. The predicted molar refractivity (Wildman–Crippen MR) is 140 cm³/mol. The fourth-order valence-corrected chi connectivity index (χ4v) is 4.70. The molecule has 1 aromatic heterocycles. The van der Waals surface area contributed by atoms with Crippen molar-refractivity contribution >= 4 is 34.9 Å². The summed E-state index contributed by atoms with van der Waals surface area (Å²) in [6, 6.07) is 17.6. The summed E-state index contributed by atoms with van der Waals surface area (Å²) in [5, 5.41) is 7.65. The van der Waals surface area contributed by atoms with Crippen LogP contribution in [0.4, 0.5) is 10.5 Å². The molecule has 0 unspecified atom stereocenters. The molecule has 0 radical (unpaired) electrons. The van der Waals surface area contributed by atoms with Gasteiger partial charge in [-0.25, -0.2) is 4.79 Å². The van der Waals surface area contributed by atoms with Gasteiger partial charge in [0.15, 0.2) is 12.1 Å². The average molecular weight is 507 g/mol. The van der Waals surface area contributed by atoms with E-state index in [4.69, 9.17) is 4.74 Å². The molecular formula is C27H30N4O4S. The molecular weight excluding hydrogens is 476 g/mol. The number of anilines is 1. The van der Waals surface area contributed by atoms with Crippen LogP contribution in [0.5, 0.6) is 0 Å². The van der Waals surface area contributed by atoms with Crippen molar-refractivity contribution < 1.29 is 19.1 Å². The molecule has 2 atom stereocenters. The Morgan fingerprint density at radius 3 is 2.53 bits per heavy atom. The number of hydrogen-bond acceptors (Lipinski definition) is 6. The molecule has 1 aliphatic heterocycles. The van der Waals surface area contributed by atoms with Crippen LogP contribution in [0.2, 0.25) is 0 Å². The van der Waals surface area contributed by atoms with Crippen LogP contribution in [-0.4, -0.2) is 60.9 Å². The number of carbonyl (C=O) groups is 3. The average Bonchev–Trinajstić information content (AvgIpc) is 3.48. The van der Waals surface area contributed by atoms with Crippen LogP contribution < -0.4 is 10.6 Å². The van der Waals surface area contributed by atoms with Crippen molar-refractivity contribution in [3.63, 3.8) is 0 Å². The Hall–Kier alpha value is -3.69. The van der Waals surface area contributed by atoms with Crippen molar-refractivity contribution in [3.05, 3.63) is 87.6 Å². The van der Waals surface area contributed by atoms with E-state index in [1.807, 2.05) is 61.6 Å². The number of likely N-dealkylation sites (N-methyl/N-ethyl adjacent to an activating group) is 1. The van der Waals surface area contributed by atoms with E-state index in [0.717, 1.165) is 11.1 Å². The smallest absolute Gasteiger partial charge is 0.411 e. The van der Waals surface area contributed by atoms with E-state index in [-0.39, 0.29) is 18.4 Å². The summed E-state index contributed by atoms with van der Waals surface area (Å²) in [6.07, 6.45) is -1.31. The van der Waals surface area contributed by atoms with Crippen LogP contribution in [0.1, 0.15) is 32.5 Å². The van der Waals surface area contributed by atoms with Crippen molar-refractivity contribution in [3.8, 4) is 0 Å². The van der Waals surface area contributed by atoms with Gasteiger partial charge in [0, 0.05) is 18.8 Å². The number of benzene rings is 2. The fourth-order valence-electron chi connectivity index (χ4n) is 4.08. The maximum atomic E-state index is 13.3. The first kappa shape index (κ1) is 25.4. The fraction of sp³-hybridized carbons (Fsp3) is 0.296. The van der Waals surface area contributed by atoms with E-state index in [9.17, 15) is 14.4 Å². The van der Waals surface area contributed by atoms with Gasteiger partial charge in [0.1, 0.15) is 0 Å². The second kappa shape index (κ2) is 11.4. The van der Waals surface area contributed by atoms with Gasteiger partial charge >= 0.3 is 6.09 Å². The van der Waals surface area contributed by atoms with Gasteiger partial charge in [-0.05, 0) is 55.7 Å². The molecule has 0 bridgehead atoms. The number of nitrogens with zero attached hydrogens (tertiary/aromatic N) is 2. The van der Waals surface area contributed by atoms with Crippen LogP contribution >= 0.6 is 11.3 Å². The number of ether oxygens (including phenoxy) is 1. The largest absolute Gasteiger partial charge is 0.438 e. The molecule has 188 valence electrons. The minimum Gasteiger partial charge on any atom is -0.438 e. The summed E-state index contributed by atoms with van der Waals surface area (Å²) in [5.41, 5.74) is 3.29. The highest BCUT2D eigenvalue weighted by Gasteiger charge is 2.46. The second-order valence-electron chi connectivity index (χ2n) is 9.01. The van der Waals surface area contributed by atoms with Crippen LogP contribution in [0.25, 0.3) is 0 Å². The van der Waals surface area contributed by atoms with E-state index < -0.39 is 18.2 Å². The molecule has 0 aliphatic carbocycles. The van der Waals surface area contributed by atoms with Crippen molar-refractivity contribution in [1.82, 2.24) is 15.1 Å². The van der Waals surface area contributed by atoms with Gasteiger partial charge in [-0.15, -0.1) is 11.3 Å². The summed E-state index contributed by atoms with van der Waals surface area (Å²) < 4.78 is 5.73. The van der Waals surface area contributed by atoms with Crippen molar-refractivity contribution in [2.75, 3.05) is 32.5 Å². The monoisotopic (exact) mass is 506 g/mol. The van der Waals surface area contributed by atoms with Crippen LogP contribution in [0, 0.1) is 6.92 Å². The van der Waals surface area contributed by atoms with E-state index in [1.165, 1.54) is 16.2 Å². The zero-order chi connectivity index (χ0) is 25.7. The number of nitrogens with one attached hydrogen (secondary N) is 2. The van der Waals surface area contributed by atoms with Crippen LogP contribution in [0.15, 0.2) is 66.0 Å². The second-order valence-corrected chi connectivity index (χ2v) is 9.96. The van der Waals surface area contributed by atoms with Crippen molar-refractivity contribution in [1.29, 1.82) is 0 Å². The molecule has 2 N–H and O–H groups in total. The molecule has 1 aliphatic rings. The van der Waals surface area contributed by atoms with Gasteiger partial charge in [0.25, 0.3) is 5.91 Å². The molecule has 8 nitrogen and oxygen atoms in total. The lowest BCUT2D eigenvalue weighted by atomic mass is 10.00.